The van der Waals surface area contributed by atoms with Crippen molar-refractivity contribution >= 4 is 22.3 Å². The maximum Gasteiger partial charge on any atom is 0.416 e. The number of hydrogen-bond donors (Lipinski definition) is 0. The molecular weight excluding hydrogens is 563 g/mol. The van der Waals surface area contributed by atoms with Crippen molar-refractivity contribution in [1.82, 2.24) is 0 Å². The lowest BCUT2D eigenvalue weighted by atomic mass is 9.89. The molecule has 0 heterocycles. The molecule has 0 aliphatic heterocycles. The summed E-state index contributed by atoms with van der Waals surface area (Å²) in [4.78, 5) is 0. The molecule has 3 aromatic carbocycles. The fourth-order valence-corrected chi connectivity index (χ4v) is 5.12. The summed E-state index contributed by atoms with van der Waals surface area (Å²) in [6, 6.07) is 14.2. The third-order valence-electron chi connectivity index (χ3n) is 6.81. The molecule has 0 saturated heterocycles. The van der Waals surface area contributed by atoms with Crippen LogP contribution in [-0.4, -0.2) is 0 Å². The van der Waals surface area contributed by atoms with Crippen molar-refractivity contribution in [3.8, 4) is 41.5 Å². The Bertz CT molecular complexity index is 2080. The van der Waals surface area contributed by atoms with Crippen LogP contribution in [0.3, 0.4) is 0 Å². The highest BCUT2D eigenvalue weighted by atomic mass is 19.4. The van der Waals surface area contributed by atoms with Crippen molar-refractivity contribution in [2.24, 2.45) is 0 Å². The Morgan fingerprint density at radius 3 is 1.60 bits per heavy atom. The van der Waals surface area contributed by atoms with Crippen molar-refractivity contribution in [2.45, 2.75) is 6.18 Å². The van der Waals surface area contributed by atoms with Crippen LogP contribution in [0.1, 0.15) is 33.4 Å². The minimum Gasteiger partial charge on any atom is -0.203 e. The lowest BCUT2D eigenvalue weighted by Crippen LogP contribution is -2.05. The van der Waals surface area contributed by atoms with E-state index in [1.165, 1.54) is 30.3 Å². The van der Waals surface area contributed by atoms with Crippen LogP contribution in [0.5, 0.6) is 0 Å². The van der Waals surface area contributed by atoms with E-state index in [2.05, 4.69) is 0 Å². The molecule has 0 fully saturated rings. The van der Waals surface area contributed by atoms with Crippen molar-refractivity contribution in [3.63, 3.8) is 0 Å². The SMILES string of the molecule is N#CC(C#N)=C1c2cc(C3=C(C#N)c4c(F)c(F)c(F)c(F)c4C3=C(C#N)C#N)ccc2-c2ccc(C(F)(F)F)cc21. The van der Waals surface area contributed by atoms with E-state index in [-0.39, 0.29) is 33.4 Å². The zero-order valence-electron chi connectivity index (χ0n) is 20.3. The molecule has 2 aliphatic rings. The van der Waals surface area contributed by atoms with E-state index in [9.17, 15) is 52.7 Å². The molecular formula is C30H6F7N5. The highest BCUT2D eigenvalue weighted by Gasteiger charge is 2.40. The predicted molar refractivity (Wildman–Crippen MR) is 131 cm³/mol. The summed E-state index contributed by atoms with van der Waals surface area (Å²) in [5.41, 5.74) is -6.60. The highest BCUT2D eigenvalue weighted by molar-refractivity contribution is 6.26. The monoisotopic (exact) mass is 569 g/mol. The van der Waals surface area contributed by atoms with E-state index in [0.717, 1.165) is 18.2 Å². The van der Waals surface area contributed by atoms with Gasteiger partial charge >= 0.3 is 6.18 Å². The molecule has 0 amide bonds. The Kier molecular flexibility index (Phi) is 6.19. The maximum atomic E-state index is 15.1. The van der Waals surface area contributed by atoms with Gasteiger partial charge in [0.1, 0.15) is 41.5 Å². The van der Waals surface area contributed by atoms with Gasteiger partial charge < -0.3 is 0 Å². The third-order valence-corrected chi connectivity index (χ3v) is 6.81. The first-order valence-corrected chi connectivity index (χ1v) is 11.4. The first kappa shape index (κ1) is 27.4. The van der Waals surface area contributed by atoms with Crippen molar-refractivity contribution in [3.05, 3.63) is 104 Å². The maximum absolute atomic E-state index is 15.1. The number of hydrogen-bond acceptors (Lipinski definition) is 5. The normalized spacial score (nSPS) is 12.8. The van der Waals surface area contributed by atoms with Crippen LogP contribution < -0.4 is 0 Å². The second kappa shape index (κ2) is 9.49. The standard InChI is InChI=1S/C30H6F7N5/c31-26-24-20(11-42)22(23(14(9-40)10-41)25(24)27(32)29(34)28(26)33)12-1-3-16-17-4-2-15(30(35,36)37)6-19(17)21(18(16)5-12)13(7-38)8-39/h1-6H. The first-order valence-electron chi connectivity index (χ1n) is 11.4. The molecule has 0 N–H and O–H groups in total. The summed E-state index contributed by atoms with van der Waals surface area (Å²) >= 11 is 0. The number of allylic oxidation sites excluding steroid dienone is 5. The van der Waals surface area contributed by atoms with Crippen molar-refractivity contribution < 1.29 is 30.7 Å². The first-order chi connectivity index (χ1) is 19.9. The van der Waals surface area contributed by atoms with Crippen LogP contribution in [0.4, 0.5) is 30.7 Å². The molecule has 0 unspecified atom stereocenters. The Morgan fingerprint density at radius 2 is 1.07 bits per heavy atom. The number of benzene rings is 3. The van der Waals surface area contributed by atoms with Gasteiger partial charge in [0.25, 0.3) is 0 Å². The number of nitriles is 5. The van der Waals surface area contributed by atoms with Gasteiger partial charge in [-0.05, 0) is 46.0 Å². The zero-order valence-corrected chi connectivity index (χ0v) is 20.3. The van der Waals surface area contributed by atoms with Crippen LogP contribution in [0.25, 0.3) is 33.4 Å². The van der Waals surface area contributed by atoms with E-state index in [4.69, 9.17) is 0 Å². The van der Waals surface area contributed by atoms with E-state index < -0.39 is 74.0 Å². The minimum absolute atomic E-state index is 0.00814. The molecule has 5 rings (SSSR count). The van der Waals surface area contributed by atoms with Gasteiger partial charge in [-0.15, -0.1) is 0 Å². The molecule has 12 heteroatoms. The van der Waals surface area contributed by atoms with Gasteiger partial charge in [0.05, 0.1) is 11.1 Å². The smallest absolute Gasteiger partial charge is 0.203 e. The number of fused-ring (bicyclic) bond motifs is 4. The van der Waals surface area contributed by atoms with Gasteiger partial charge in [0.2, 0.25) is 0 Å². The van der Waals surface area contributed by atoms with Gasteiger partial charge in [-0.1, -0.05) is 18.2 Å². The Balaban J connectivity index is 1.89. The third kappa shape index (κ3) is 3.66. The molecule has 42 heavy (non-hydrogen) atoms. The summed E-state index contributed by atoms with van der Waals surface area (Å²) in [5.74, 6) is -8.40. The van der Waals surface area contributed by atoms with Gasteiger partial charge in [0, 0.05) is 27.8 Å². The van der Waals surface area contributed by atoms with E-state index in [1.807, 2.05) is 0 Å². The molecule has 0 atom stereocenters. The highest BCUT2D eigenvalue weighted by Crippen LogP contribution is 2.53. The number of rotatable bonds is 1. The fraction of sp³-hybridized carbons (Fsp3) is 0.0333. The lowest BCUT2D eigenvalue weighted by Gasteiger charge is -2.12. The largest absolute Gasteiger partial charge is 0.416 e. The van der Waals surface area contributed by atoms with E-state index in [0.29, 0.717) is 0 Å². The number of halogens is 7. The summed E-state index contributed by atoms with van der Waals surface area (Å²) in [7, 11) is 0. The number of alkyl halides is 3. The lowest BCUT2D eigenvalue weighted by molar-refractivity contribution is -0.137. The van der Waals surface area contributed by atoms with E-state index >= 15 is 4.39 Å². The molecule has 200 valence electrons. The second-order valence-electron chi connectivity index (χ2n) is 8.83. The summed E-state index contributed by atoms with van der Waals surface area (Å²) in [6.45, 7) is 0. The Labute approximate surface area is 231 Å². The van der Waals surface area contributed by atoms with Gasteiger partial charge in [-0.2, -0.15) is 39.5 Å². The summed E-state index contributed by atoms with van der Waals surface area (Å²) in [5, 5.41) is 48.3. The summed E-state index contributed by atoms with van der Waals surface area (Å²) in [6.07, 6.45) is -4.77. The number of nitrogens with zero attached hydrogens (tertiary/aromatic N) is 5. The van der Waals surface area contributed by atoms with Crippen LogP contribution in [-0.2, 0) is 6.18 Å². The predicted octanol–water partition coefficient (Wildman–Crippen LogP) is 7.34. The molecule has 0 spiro atoms. The van der Waals surface area contributed by atoms with Gasteiger partial charge in [-0.25, -0.2) is 17.6 Å². The van der Waals surface area contributed by atoms with Crippen molar-refractivity contribution in [1.29, 1.82) is 26.3 Å². The average Bonchev–Trinajstić information content (AvgIpc) is 3.48. The quantitative estimate of drug-likeness (QED) is 0.103. The molecule has 2 aliphatic carbocycles. The van der Waals surface area contributed by atoms with Gasteiger partial charge in [0.15, 0.2) is 23.3 Å². The molecule has 5 nitrogen and oxygen atoms in total. The topological polar surface area (TPSA) is 119 Å². The Morgan fingerprint density at radius 1 is 0.571 bits per heavy atom. The fourth-order valence-electron chi connectivity index (χ4n) is 5.12. The second-order valence-corrected chi connectivity index (χ2v) is 8.83. The van der Waals surface area contributed by atoms with Crippen LogP contribution in [0.15, 0.2) is 47.5 Å². The average molecular weight is 569 g/mol. The Hall–Kier alpha value is -6.16. The zero-order chi connectivity index (χ0) is 30.7. The van der Waals surface area contributed by atoms with E-state index in [1.54, 1.807) is 18.2 Å². The van der Waals surface area contributed by atoms with Crippen LogP contribution in [0.2, 0.25) is 0 Å². The summed E-state index contributed by atoms with van der Waals surface area (Å²) < 4.78 is 99.1. The van der Waals surface area contributed by atoms with Crippen molar-refractivity contribution in [2.75, 3.05) is 0 Å². The molecule has 0 bridgehead atoms. The van der Waals surface area contributed by atoms with Crippen LogP contribution >= 0.6 is 0 Å². The molecule has 0 saturated carbocycles. The van der Waals surface area contributed by atoms with Gasteiger partial charge in [-0.3, -0.25) is 0 Å². The van der Waals surface area contributed by atoms with Crippen LogP contribution in [0, 0.1) is 79.9 Å². The molecule has 0 aromatic heterocycles. The molecule has 0 radical (unpaired) electrons. The minimum atomic E-state index is -4.77. The molecule has 3 aromatic rings.